The molecular formula is C20H42O. The van der Waals surface area contributed by atoms with Crippen molar-refractivity contribution in [3.05, 3.63) is 0 Å². The van der Waals surface area contributed by atoms with Gasteiger partial charge in [0.2, 0.25) is 0 Å². The van der Waals surface area contributed by atoms with Crippen LogP contribution in [-0.4, -0.2) is 10.7 Å². The second-order valence-corrected chi connectivity index (χ2v) is 7.24. The van der Waals surface area contributed by atoms with Gasteiger partial charge in [-0.2, -0.15) is 0 Å². The number of aliphatic hydroxyl groups is 1. The van der Waals surface area contributed by atoms with Crippen LogP contribution < -0.4 is 0 Å². The van der Waals surface area contributed by atoms with Gasteiger partial charge in [-0.15, -0.1) is 0 Å². The first kappa shape index (κ1) is 21.0. The van der Waals surface area contributed by atoms with Gasteiger partial charge in [0, 0.05) is 0 Å². The van der Waals surface area contributed by atoms with E-state index in [1.807, 2.05) is 6.92 Å². The normalized spacial score (nSPS) is 14.3. The summed E-state index contributed by atoms with van der Waals surface area (Å²) in [4.78, 5) is 0. The zero-order chi connectivity index (χ0) is 15.8. The second kappa shape index (κ2) is 14.9. The monoisotopic (exact) mass is 298 g/mol. The third kappa shape index (κ3) is 16.2. The minimum atomic E-state index is -0.410. The van der Waals surface area contributed by atoms with E-state index in [4.69, 9.17) is 0 Å². The van der Waals surface area contributed by atoms with Crippen molar-refractivity contribution in [1.29, 1.82) is 0 Å². The van der Waals surface area contributed by atoms with Gasteiger partial charge in [-0.05, 0) is 19.8 Å². The van der Waals surface area contributed by atoms with Crippen molar-refractivity contribution in [2.24, 2.45) is 0 Å². The van der Waals surface area contributed by atoms with E-state index >= 15 is 0 Å². The van der Waals surface area contributed by atoms with E-state index in [2.05, 4.69) is 13.8 Å². The summed E-state index contributed by atoms with van der Waals surface area (Å²) in [7, 11) is 0. The first-order chi connectivity index (χ1) is 10.1. The van der Waals surface area contributed by atoms with Crippen molar-refractivity contribution in [2.75, 3.05) is 0 Å². The molecule has 1 unspecified atom stereocenters. The van der Waals surface area contributed by atoms with Crippen LogP contribution in [0, 0.1) is 0 Å². The van der Waals surface area contributed by atoms with Crippen LogP contribution in [0.4, 0.5) is 0 Å². The van der Waals surface area contributed by atoms with Gasteiger partial charge < -0.3 is 5.11 Å². The van der Waals surface area contributed by atoms with Gasteiger partial charge in [-0.1, -0.05) is 104 Å². The van der Waals surface area contributed by atoms with Crippen LogP contribution >= 0.6 is 0 Å². The molecule has 0 fully saturated rings. The van der Waals surface area contributed by atoms with Crippen LogP contribution in [-0.2, 0) is 0 Å². The fraction of sp³-hybridized carbons (Fsp3) is 1.00. The number of rotatable bonds is 16. The molecule has 128 valence electrons. The molecule has 0 radical (unpaired) electrons. The first-order valence-electron chi connectivity index (χ1n) is 9.84. The molecule has 1 atom stereocenters. The zero-order valence-electron chi connectivity index (χ0n) is 15.3. The first-order valence-corrected chi connectivity index (χ1v) is 9.84. The molecule has 1 N–H and O–H groups in total. The summed E-state index contributed by atoms with van der Waals surface area (Å²) in [6.07, 6.45) is 20.7. The molecule has 0 aromatic heterocycles. The minimum Gasteiger partial charge on any atom is -0.390 e. The zero-order valence-corrected chi connectivity index (χ0v) is 15.3. The van der Waals surface area contributed by atoms with E-state index in [1.54, 1.807) is 0 Å². The Morgan fingerprint density at radius 3 is 1.14 bits per heavy atom. The third-order valence-corrected chi connectivity index (χ3v) is 4.64. The Morgan fingerprint density at radius 2 is 0.810 bits per heavy atom. The van der Waals surface area contributed by atoms with Gasteiger partial charge in [-0.3, -0.25) is 0 Å². The predicted octanol–water partition coefficient (Wildman–Crippen LogP) is 7.02. The Kier molecular flexibility index (Phi) is 14.9. The predicted molar refractivity (Wildman–Crippen MR) is 95.8 cm³/mol. The van der Waals surface area contributed by atoms with Crippen LogP contribution in [0.3, 0.4) is 0 Å². The molecule has 0 heterocycles. The molecule has 0 rings (SSSR count). The van der Waals surface area contributed by atoms with Crippen molar-refractivity contribution in [1.82, 2.24) is 0 Å². The van der Waals surface area contributed by atoms with Crippen molar-refractivity contribution in [3.63, 3.8) is 0 Å². The van der Waals surface area contributed by atoms with Crippen LogP contribution in [0.1, 0.15) is 124 Å². The Hall–Kier alpha value is -0.0400. The lowest BCUT2D eigenvalue weighted by Gasteiger charge is -2.23. The summed E-state index contributed by atoms with van der Waals surface area (Å²) in [6.45, 7) is 6.57. The van der Waals surface area contributed by atoms with Crippen molar-refractivity contribution >= 4 is 0 Å². The van der Waals surface area contributed by atoms with Crippen LogP contribution in [0.15, 0.2) is 0 Å². The molecule has 1 nitrogen and oxygen atoms in total. The average Bonchev–Trinajstić information content (AvgIpc) is 2.45. The molecule has 0 amide bonds. The van der Waals surface area contributed by atoms with Crippen molar-refractivity contribution < 1.29 is 5.11 Å². The van der Waals surface area contributed by atoms with Crippen molar-refractivity contribution in [2.45, 2.75) is 129 Å². The third-order valence-electron chi connectivity index (χ3n) is 4.64. The summed E-state index contributed by atoms with van der Waals surface area (Å²) >= 11 is 0. The molecule has 1 heteroatoms. The molecule has 0 aliphatic heterocycles. The van der Waals surface area contributed by atoms with E-state index in [0.29, 0.717) is 0 Å². The minimum absolute atomic E-state index is 0.410. The Bertz CT molecular complexity index is 198. The largest absolute Gasteiger partial charge is 0.390 e. The lowest BCUT2D eigenvalue weighted by atomic mass is 9.91. The standard InChI is InChI=1S/C20H42O/c1-4-6-8-10-12-13-15-17-19-20(3,21)18-16-14-11-9-7-5-2/h21H,4-19H2,1-3H3. The molecule has 0 aliphatic rings. The van der Waals surface area contributed by atoms with E-state index < -0.39 is 5.60 Å². The van der Waals surface area contributed by atoms with E-state index in [0.717, 1.165) is 12.8 Å². The number of hydrogen-bond donors (Lipinski definition) is 1. The molecule has 0 aromatic carbocycles. The smallest absolute Gasteiger partial charge is 0.0619 e. The summed E-state index contributed by atoms with van der Waals surface area (Å²) in [5.74, 6) is 0. The average molecular weight is 299 g/mol. The van der Waals surface area contributed by atoms with Crippen molar-refractivity contribution in [3.8, 4) is 0 Å². The Labute approximate surface area is 134 Å². The van der Waals surface area contributed by atoms with Gasteiger partial charge in [0.25, 0.3) is 0 Å². The highest BCUT2D eigenvalue weighted by Crippen LogP contribution is 2.22. The van der Waals surface area contributed by atoms with Gasteiger partial charge in [0.1, 0.15) is 0 Å². The SMILES string of the molecule is CCCCCCCCCCC(C)(O)CCCCCCCC. The second-order valence-electron chi connectivity index (χ2n) is 7.24. The molecule has 0 saturated carbocycles. The van der Waals surface area contributed by atoms with E-state index in [9.17, 15) is 5.11 Å². The van der Waals surface area contributed by atoms with Gasteiger partial charge >= 0.3 is 0 Å². The topological polar surface area (TPSA) is 20.2 Å². The summed E-state index contributed by atoms with van der Waals surface area (Å²) in [6, 6.07) is 0. The maximum Gasteiger partial charge on any atom is 0.0619 e. The molecule has 0 bridgehead atoms. The highest BCUT2D eigenvalue weighted by Gasteiger charge is 2.18. The summed E-state index contributed by atoms with van der Waals surface area (Å²) in [5.41, 5.74) is -0.410. The maximum atomic E-state index is 10.4. The Balaban J connectivity index is 3.34. The molecule has 0 aliphatic carbocycles. The maximum absolute atomic E-state index is 10.4. The fourth-order valence-electron chi connectivity index (χ4n) is 3.05. The number of unbranched alkanes of at least 4 members (excludes halogenated alkanes) is 12. The lowest BCUT2D eigenvalue weighted by molar-refractivity contribution is 0.0366. The summed E-state index contributed by atoms with van der Waals surface area (Å²) in [5, 5.41) is 10.4. The van der Waals surface area contributed by atoms with Gasteiger partial charge in [0.05, 0.1) is 5.60 Å². The van der Waals surface area contributed by atoms with Gasteiger partial charge in [0.15, 0.2) is 0 Å². The molecule has 21 heavy (non-hydrogen) atoms. The molecule has 0 aromatic rings. The van der Waals surface area contributed by atoms with E-state index in [1.165, 1.54) is 89.9 Å². The lowest BCUT2D eigenvalue weighted by Crippen LogP contribution is -2.23. The highest BCUT2D eigenvalue weighted by atomic mass is 16.3. The summed E-state index contributed by atoms with van der Waals surface area (Å²) < 4.78 is 0. The molecule has 0 saturated heterocycles. The van der Waals surface area contributed by atoms with Gasteiger partial charge in [-0.25, -0.2) is 0 Å². The Morgan fingerprint density at radius 1 is 0.524 bits per heavy atom. The quantitative estimate of drug-likeness (QED) is 0.304. The fourth-order valence-corrected chi connectivity index (χ4v) is 3.05. The van der Waals surface area contributed by atoms with E-state index in [-0.39, 0.29) is 0 Å². The highest BCUT2D eigenvalue weighted by molar-refractivity contribution is 4.72. The molecule has 0 spiro atoms. The van der Waals surface area contributed by atoms with Crippen LogP contribution in [0.25, 0.3) is 0 Å². The number of hydrogen-bond acceptors (Lipinski definition) is 1. The van der Waals surface area contributed by atoms with Crippen LogP contribution in [0.2, 0.25) is 0 Å². The van der Waals surface area contributed by atoms with Crippen LogP contribution in [0.5, 0.6) is 0 Å². The molecular weight excluding hydrogens is 256 g/mol.